The van der Waals surface area contributed by atoms with Crippen LogP contribution in [0.15, 0.2) is 36.7 Å². The summed E-state index contributed by atoms with van der Waals surface area (Å²) in [7, 11) is 0. The summed E-state index contributed by atoms with van der Waals surface area (Å²) >= 11 is 6.14. The van der Waals surface area contributed by atoms with E-state index in [1.54, 1.807) is 12.3 Å². The average Bonchev–Trinajstić information content (AvgIpc) is 2.40. The van der Waals surface area contributed by atoms with E-state index in [0.29, 0.717) is 17.1 Å². The zero-order valence-corrected chi connectivity index (χ0v) is 11.8. The largest absolute Gasteiger partial charge is 0.306 e. The third-order valence-electron chi connectivity index (χ3n) is 2.93. The normalized spacial score (nSPS) is 12.4. The molecule has 2 nitrogen and oxygen atoms in total. The molecule has 1 aromatic carbocycles. The van der Waals surface area contributed by atoms with Crippen molar-refractivity contribution in [2.75, 3.05) is 6.54 Å². The first-order chi connectivity index (χ1) is 9.61. The second-order valence-corrected chi connectivity index (χ2v) is 4.89. The maximum Gasteiger partial charge on any atom is 0.126 e. The summed E-state index contributed by atoms with van der Waals surface area (Å²) in [6.07, 6.45) is 4.03. The van der Waals surface area contributed by atoms with Gasteiger partial charge in [-0.05, 0) is 42.3 Å². The minimum Gasteiger partial charge on any atom is -0.306 e. The minimum absolute atomic E-state index is 0.365. The summed E-state index contributed by atoms with van der Waals surface area (Å²) in [5, 5.41) is 3.72. The fraction of sp³-hybridized carbons (Fsp3) is 0.267. The number of hydrogen-bond acceptors (Lipinski definition) is 2. The van der Waals surface area contributed by atoms with E-state index >= 15 is 0 Å². The number of pyridine rings is 1. The number of halogens is 3. The van der Waals surface area contributed by atoms with Crippen LogP contribution in [0.4, 0.5) is 8.78 Å². The third kappa shape index (κ3) is 3.52. The Balaban J connectivity index is 2.44. The molecule has 2 rings (SSSR count). The van der Waals surface area contributed by atoms with Crippen LogP contribution in [0.2, 0.25) is 5.02 Å². The van der Waals surface area contributed by atoms with Crippen molar-refractivity contribution in [2.45, 2.75) is 19.4 Å². The summed E-state index contributed by atoms with van der Waals surface area (Å²) < 4.78 is 26.8. The first-order valence-corrected chi connectivity index (χ1v) is 6.78. The van der Waals surface area contributed by atoms with Crippen LogP contribution in [0.1, 0.15) is 30.5 Å². The smallest absolute Gasteiger partial charge is 0.126 e. The van der Waals surface area contributed by atoms with E-state index < -0.39 is 11.6 Å². The van der Waals surface area contributed by atoms with Crippen LogP contribution in [-0.4, -0.2) is 11.5 Å². The molecule has 1 N–H and O–H groups in total. The lowest BCUT2D eigenvalue weighted by Crippen LogP contribution is -2.23. The van der Waals surface area contributed by atoms with Gasteiger partial charge >= 0.3 is 0 Å². The molecule has 0 aliphatic carbocycles. The van der Waals surface area contributed by atoms with Crippen LogP contribution in [0.5, 0.6) is 0 Å². The summed E-state index contributed by atoms with van der Waals surface area (Å²) in [5.41, 5.74) is 1.25. The van der Waals surface area contributed by atoms with Gasteiger partial charge in [-0.15, -0.1) is 0 Å². The van der Waals surface area contributed by atoms with E-state index in [9.17, 15) is 8.78 Å². The van der Waals surface area contributed by atoms with E-state index in [-0.39, 0.29) is 6.04 Å². The summed E-state index contributed by atoms with van der Waals surface area (Å²) in [6, 6.07) is 4.86. The number of nitrogens with one attached hydrogen (secondary N) is 1. The van der Waals surface area contributed by atoms with Crippen molar-refractivity contribution in [1.82, 2.24) is 10.3 Å². The van der Waals surface area contributed by atoms with E-state index in [4.69, 9.17) is 11.6 Å². The van der Waals surface area contributed by atoms with Gasteiger partial charge in [0.05, 0.1) is 11.1 Å². The zero-order valence-electron chi connectivity index (χ0n) is 11.0. The van der Waals surface area contributed by atoms with E-state index in [1.165, 1.54) is 18.3 Å². The molecule has 0 spiro atoms. The Kier molecular flexibility index (Phi) is 5.04. The van der Waals surface area contributed by atoms with Crippen LogP contribution in [0.25, 0.3) is 0 Å². The molecular weight excluding hydrogens is 282 g/mol. The molecule has 0 fully saturated rings. The summed E-state index contributed by atoms with van der Waals surface area (Å²) in [4.78, 5) is 3.93. The molecule has 0 amide bonds. The van der Waals surface area contributed by atoms with Gasteiger partial charge in [-0.2, -0.15) is 0 Å². The average molecular weight is 297 g/mol. The first-order valence-electron chi connectivity index (χ1n) is 6.40. The minimum atomic E-state index is -0.603. The summed E-state index contributed by atoms with van der Waals surface area (Å²) in [6.45, 7) is 2.73. The molecule has 106 valence electrons. The van der Waals surface area contributed by atoms with Gasteiger partial charge in [0.25, 0.3) is 0 Å². The maximum absolute atomic E-state index is 13.4. The van der Waals surface area contributed by atoms with Gasteiger partial charge in [-0.3, -0.25) is 4.98 Å². The Bertz CT molecular complexity index is 570. The standard InChI is InChI=1S/C15H15ClF2N2/c1-2-4-20-15(13-3-5-19-9-14(13)16)10-6-11(17)8-12(18)7-10/h3,5-9,15,20H,2,4H2,1H3. The Morgan fingerprint density at radius 3 is 2.55 bits per heavy atom. The lowest BCUT2D eigenvalue weighted by atomic mass is 9.99. The second kappa shape index (κ2) is 6.77. The third-order valence-corrected chi connectivity index (χ3v) is 3.25. The highest BCUT2D eigenvalue weighted by Crippen LogP contribution is 2.28. The molecular formula is C15H15ClF2N2. The predicted octanol–water partition coefficient (Wildman–Crippen LogP) is 4.10. The molecule has 1 atom stereocenters. The first kappa shape index (κ1) is 14.9. The van der Waals surface area contributed by atoms with Crippen LogP contribution in [0, 0.1) is 11.6 Å². The lowest BCUT2D eigenvalue weighted by Gasteiger charge is -2.20. The molecule has 0 aliphatic heterocycles. The van der Waals surface area contributed by atoms with Crippen molar-refractivity contribution < 1.29 is 8.78 Å². The highest BCUT2D eigenvalue weighted by atomic mass is 35.5. The van der Waals surface area contributed by atoms with E-state index in [1.807, 2.05) is 6.92 Å². The van der Waals surface area contributed by atoms with Gasteiger partial charge in [0.2, 0.25) is 0 Å². The molecule has 1 heterocycles. The van der Waals surface area contributed by atoms with Gasteiger partial charge in [0.15, 0.2) is 0 Å². The molecule has 1 aromatic heterocycles. The Morgan fingerprint density at radius 2 is 1.95 bits per heavy atom. The van der Waals surface area contributed by atoms with Gasteiger partial charge < -0.3 is 5.32 Å². The van der Waals surface area contributed by atoms with Gasteiger partial charge in [0.1, 0.15) is 11.6 Å². The van der Waals surface area contributed by atoms with Gasteiger partial charge in [0, 0.05) is 18.5 Å². The number of benzene rings is 1. The van der Waals surface area contributed by atoms with Crippen molar-refractivity contribution in [3.05, 3.63) is 64.4 Å². The SMILES string of the molecule is CCCNC(c1cc(F)cc(F)c1)c1ccncc1Cl. The van der Waals surface area contributed by atoms with Gasteiger partial charge in [-0.1, -0.05) is 18.5 Å². The molecule has 0 radical (unpaired) electrons. The molecule has 5 heteroatoms. The van der Waals surface area contributed by atoms with Crippen molar-refractivity contribution in [2.24, 2.45) is 0 Å². The van der Waals surface area contributed by atoms with E-state index in [2.05, 4.69) is 10.3 Å². The Hall–Kier alpha value is -1.52. The molecule has 0 aliphatic rings. The molecule has 0 saturated carbocycles. The van der Waals surface area contributed by atoms with Gasteiger partial charge in [-0.25, -0.2) is 8.78 Å². The van der Waals surface area contributed by atoms with Crippen LogP contribution >= 0.6 is 11.6 Å². The Labute approximate surface area is 121 Å². The van der Waals surface area contributed by atoms with Crippen LogP contribution in [0.3, 0.4) is 0 Å². The monoisotopic (exact) mass is 296 g/mol. The van der Waals surface area contributed by atoms with Crippen LogP contribution in [-0.2, 0) is 0 Å². The van der Waals surface area contributed by atoms with Crippen molar-refractivity contribution >= 4 is 11.6 Å². The number of aromatic nitrogens is 1. The molecule has 0 bridgehead atoms. The van der Waals surface area contributed by atoms with Crippen molar-refractivity contribution in [3.8, 4) is 0 Å². The number of nitrogens with zero attached hydrogens (tertiary/aromatic N) is 1. The fourth-order valence-corrected chi connectivity index (χ4v) is 2.29. The molecule has 2 aromatic rings. The molecule has 0 saturated heterocycles. The molecule has 20 heavy (non-hydrogen) atoms. The fourth-order valence-electron chi connectivity index (χ4n) is 2.06. The van der Waals surface area contributed by atoms with Crippen molar-refractivity contribution in [1.29, 1.82) is 0 Å². The topological polar surface area (TPSA) is 24.9 Å². The number of hydrogen-bond donors (Lipinski definition) is 1. The summed E-state index contributed by atoms with van der Waals surface area (Å²) in [5.74, 6) is -1.21. The predicted molar refractivity (Wildman–Crippen MR) is 75.7 cm³/mol. The van der Waals surface area contributed by atoms with Crippen LogP contribution < -0.4 is 5.32 Å². The van der Waals surface area contributed by atoms with Crippen molar-refractivity contribution in [3.63, 3.8) is 0 Å². The quantitative estimate of drug-likeness (QED) is 0.898. The maximum atomic E-state index is 13.4. The number of rotatable bonds is 5. The highest BCUT2D eigenvalue weighted by molar-refractivity contribution is 6.31. The van der Waals surface area contributed by atoms with E-state index in [0.717, 1.165) is 18.1 Å². The Morgan fingerprint density at radius 1 is 1.25 bits per heavy atom. The second-order valence-electron chi connectivity index (χ2n) is 4.49. The molecule has 1 unspecified atom stereocenters. The lowest BCUT2D eigenvalue weighted by molar-refractivity contribution is 0.558. The zero-order chi connectivity index (χ0) is 14.5. The highest BCUT2D eigenvalue weighted by Gasteiger charge is 2.18.